The first kappa shape index (κ1) is 18.8. The first-order chi connectivity index (χ1) is 13.2. The van der Waals surface area contributed by atoms with Crippen LogP contribution in [0.1, 0.15) is 17.2 Å². The first-order valence-electron chi connectivity index (χ1n) is 8.78. The first-order valence-corrected chi connectivity index (χ1v) is 8.78. The zero-order valence-corrected chi connectivity index (χ0v) is 14.8. The average Bonchev–Trinajstić information content (AvgIpc) is 2.70. The lowest BCUT2D eigenvalue weighted by atomic mass is 10.1. The molecule has 0 spiro atoms. The summed E-state index contributed by atoms with van der Waals surface area (Å²) in [5.74, 6) is -0.521. The Labute approximate surface area is 157 Å². The minimum absolute atomic E-state index is 0.0783. The summed E-state index contributed by atoms with van der Waals surface area (Å²) in [4.78, 5) is 14.8. The smallest absolute Gasteiger partial charge is 0.319 e. The normalized spacial score (nSPS) is 15.6. The molecule has 1 aliphatic heterocycles. The van der Waals surface area contributed by atoms with Gasteiger partial charge < -0.3 is 15.4 Å². The van der Waals surface area contributed by atoms with Gasteiger partial charge in [0, 0.05) is 19.6 Å². The number of anilines is 1. The predicted molar refractivity (Wildman–Crippen MR) is 99.7 cm³/mol. The SMILES string of the molecule is N#Cc1cc(F)ccc1NC(=O)N[C@@H](CN1CCOCC1)c1ccccc1. The molecule has 3 rings (SSSR count). The molecule has 6 nitrogen and oxygen atoms in total. The number of rotatable bonds is 5. The molecule has 0 aromatic heterocycles. The summed E-state index contributed by atoms with van der Waals surface area (Å²) in [5, 5.41) is 14.7. The Morgan fingerprint density at radius 3 is 2.67 bits per heavy atom. The number of nitrogens with one attached hydrogen (secondary N) is 2. The zero-order valence-electron chi connectivity index (χ0n) is 14.8. The van der Waals surface area contributed by atoms with Crippen LogP contribution in [-0.2, 0) is 4.74 Å². The van der Waals surface area contributed by atoms with Crippen LogP contribution < -0.4 is 10.6 Å². The number of nitrogens with zero attached hydrogens (tertiary/aromatic N) is 2. The molecule has 7 heteroatoms. The minimum Gasteiger partial charge on any atom is -0.379 e. The number of carbonyl (C=O) groups excluding carboxylic acids is 1. The zero-order chi connectivity index (χ0) is 19.1. The van der Waals surface area contributed by atoms with Crippen LogP contribution in [-0.4, -0.2) is 43.8 Å². The number of nitriles is 1. The van der Waals surface area contributed by atoms with E-state index in [1.54, 1.807) is 0 Å². The van der Waals surface area contributed by atoms with Crippen molar-refractivity contribution in [2.75, 3.05) is 38.2 Å². The Morgan fingerprint density at radius 2 is 1.96 bits per heavy atom. The van der Waals surface area contributed by atoms with Gasteiger partial charge in [-0.15, -0.1) is 0 Å². The van der Waals surface area contributed by atoms with Crippen molar-refractivity contribution in [2.45, 2.75) is 6.04 Å². The highest BCUT2D eigenvalue weighted by molar-refractivity contribution is 5.91. The van der Waals surface area contributed by atoms with Crippen LogP contribution in [0.4, 0.5) is 14.9 Å². The molecule has 2 aromatic carbocycles. The number of urea groups is 1. The van der Waals surface area contributed by atoms with E-state index in [0.29, 0.717) is 19.8 Å². The Kier molecular flexibility index (Phi) is 6.36. The summed E-state index contributed by atoms with van der Waals surface area (Å²) >= 11 is 0. The molecule has 2 N–H and O–H groups in total. The maximum Gasteiger partial charge on any atom is 0.319 e. The highest BCUT2D eigenvalue weighted by Crippen LogP contribution is 2.18. The van der Waals surface area contributed by atoms with E-state index in [1.165, 1.54) is 12.1 Å². The molecule has 1 heterocycles. The van der Waals surface area contributed by atoms with E-state index in [4.69, 9.17) is 10.00 Å². The Morgan fingerprint density at radius 1 is 1.22 bits per heavy atom. The van der Waals surface area contributed by atoms with Crippen LogP contribution in [0.25, 0.3) is 0 Å². The number of hydrogen-bond donors (Lipinski definition) is 2. The summed E-state index contributed by atoms with van der Waals surface area (Å²) in [6, 6.07) is 14.6. The summed E-state index contributed by atoms with van der Waals surface area (Å²) in [6.07, 6.45) is 0. The monoisotopic (exact) mass is 368 g/mol. The predicted octanol–water partition coefficient (Wildman–Crippen LogP) is 2.89. The summed E-state index contributed by atoms with van der Waals surface area (Å²) < 4.78 is 18.6. The van der Waals surface area contributed by atoms with Gasteiger partial charge >= 0.3 is 6.03 Å². The van der Waals surface area contributed by atoms with Gasteiger partial charge in [-0.05, 0) is 23.8 Å². The standard InChI is InChI=1S/C20H21FN4O2/c21-17-6-7-18(16(12-17)13-22)23-20(26)24-19(15-4-2-1-3-5-15)14-25-8-10-27-11-9-25/h1-7,12,19H,8-11,14H2,(H2,23,24,26)/t19-/m0/s1. The summed E-state index contributed by atoms with van der Waals surface area (Å²) in [7, 11) is 0. The third-order valence-electron chi connectivity index (χ3n) is 4.40. The van der Waals surface area contributed by atoms with Gasteiger partial charge in [0.05, 0.1) is 30.5 Å². The molecule has 0 unspecified atom stereocenters. The highest BCUT2D eigenvalue weighted by atomic mass is 19.1. The van der Waals surface area contributed by atoms with E-state index in [9.17, 15) is 9.18 Å². The lowest BCUT2D eigenvalue weighted by Gasteiger charge is -2.31. The minimum atomic E-state index is -0.521. The maximum atomic E-state index is 13.3. The molecule has 0 radical (unpaired) electrons. The van der Waals surface area contributed by atoms with Gasteiger partial charge in [0.1, 0.15) is 11.9 Å². The number of morpholine rings is 1. The van der Waals surface area contributed by atoms with Gasteiger partial charge in [-0.25, -0.2) is 9.18 Å². The van der Waals surface area contributed by atoms with E-state index >= 15 is 0 Å². The molecule has 0 bridgehead atoms. The fourth-order valence-electron chi connectivity index (χ4n) is 3.00. The van der Waals surface area contributed by atoms with E-state index in [2.05, 4.69) is 15.5 Å². The third-order valence-corrected chi connectivity index (χ3v) is 4.40. The fraction of sp³-hybridized carbons (Fsp3) is 0.300. The fourth-order valence-corrected chi connectivity index (χ4v) is 3.00. The second kappa shape index (κ2) is 9.12. The number of hydrogen-bond acceptors (Lipinski definition) is 4. The van der Waals surface area contributed by atoms with Gasteiger partial charge in [-0.2, -0.15) is 5.26 Å². The lowest BCUT2D eigenvalue weighted by molar-refractivity contribution is 0.0340. The molecule has 1 fully saturated rings. The molecule has 0 saturated carbocycles. The van der Waals surface area contributed by atoms with Gasteiger partial charge in [-0.3, -0.25) is 4.90 Å². The average molecular weight is 368 g/mol. The van der Waals surface area contributed by atoms with Gasteiger partial charge in [0.2, 0.25) is 0 Å². The molecular weight excluding hydrogens is 347 g/mol. The van der Waals surface area contributed by atoms with Crippen LogP contribution in [0.3, 0.4) is 0 Å². The van der Waals surface area contributed by atoms with Gasteiger partial charge in [0.15, 0.2) is 0 Å². The van der Waals surface area contributed by atoms with Crippen LogP contribution >= 0.6 is 0 Å². The second-order valence-corrected chi connectivity index (χ2v) is 6.28. The molecule has 0 aliphatic carbocycles. The van der Waals surface area contributed by atoms with Crippen molar-refractivity contribution in [2.24, 2.45) is 0 Å². The molecular formula is C20H21FN4O2. The lowest BCUT2D eigenvalue weighted by Crippen LogP contribution is -2.44. The van der Waals surface area contributed by atoms with Crippen molar-refractivity contribution in [3.63, 3.8) is 0 Å². The second-order valence-electron chi connectivity index (χ2n) is 6.28. The third kappa shape index (κ3) is 5.26. The van der Waals surface area contributed by atoms with Crippen molar-refractivity contribution in [1.82, 2.24) is 10.2 Å². The highest BCUT2D eigenvalue weighted by Gasteiger charge is 2.20. The molecule has 27 heavy (non-hydrogen) atoms. The van der Waals surface area contributed by atoms with Crippen molar-refractivity contribution >= 4 is 11.7 Å². The van der Waals surface area contributed by atoms with Crippen molar-refractivity contribution in [1.29, 1.82) is 5.26 Å². The Balaban J connectivity index is 1.71. The summed E-state index contributed by atoms with van der Waals surface area (Å²) in [6.45, 7) is 3.62. The molecule has 2 amide bonds. The quantitative estimate of drug-likeness (QED) is 0.851. The number of halogens is 1. The van der Waals surface area contributed by atoms with Crippen LogP contribution in [0, 0.1) is 17.1 Å². The largest absolute Gasteiger partial charge is 0.379 e. The van der Waals surface area contributed by atoms with Crippen molar-refractivity contribution < 1.29 is 13.9 Å². The topological polar surface area (TPSA) is 77.4 Å². The van der Waals surface area contributed by atoms with E-state index in [0.717, 1.165) is 24.7 Å². The molecule has 1 aliphatic rings. The van der Waals surface area contributed by atoms with E-state index in [-0.39, 0.29) is 17.3 Å². The maximum absolute atomic E-state index is 13.3. The van der Waals surface area contributed by atoms with Gasteiger partial charge in [-0.1, -0.05) is 30.3 Å². The number of ether oxygens (including phenoxy) is 1. The van der Waals surface area contributed by atoms with E-state index < -0.39 is 11.8 Å². The number of carbonyl (C=O) groups is 1. The number of benzene rings is 2. The van der Waals surface area contributed by atoms with Crippen molar-refractivity contribution in [3.05, 3.63) is 65.5 Å². The van der Waals surface area contributed by atoms with Crippen LogP contribution in [0.15, 0.2) is 48.5 Å². The molecule has 140 valence electrons. The Hall–Kier alpha value is -2.95. The molecule has 2 aromatic rings. The summed E-state index contributed by atoms with van der Waals surface area (Å²) in [5.41, 5.74) is 1.34. The van der Waals surface area contributed by atoms with Crippen LogP contribution in [0.2, 0.25) is 0 Å². The van der Waals surface area contributed by atoms with Crippen molar-refractivity contribution in [3.8, 4) is 6.07 Å². The van der Waals surface area contributed by atoms with Crippen LogP contribution in [0.5, 0.6) is 0 Å². The van der Waals surface area contributed by atoms with Gasteiger partial charge in [0.25, 0.3) is 0 Å². The molecule has 1 saturated heterocycles. The van der Waals surface area contributed by atoms with E-state index in [1.807, 2.05) is 36.4 Å². The number of amides is 2. The Bertz CT molecular complexity index is 816. The molecule has 1 atom stereocenters.